The van der Waals surface area contributed by atoms with Crippen LogP contribution >= 0.6 is 23.5 Å². The average Bonchev–Trinajstić information content (AvgIpc) is 2.79. The molecular formula is C26H40N2O2S2. The van der Waals surface area contributed by atoms with E-state index in [1.165, 1.54) is 77.0 Å². The highest BCUT2D eigenvalue weighted by Crippen LogP contribution is 2.29. The van der Waals surface area contributed by atoms with Crippen LogP contribution in [0.3, 0.4) is 0 Å². The highest BCUT2D eigenvalue weighted by atomic mass is 32.2. The summed E-state index contributed by atoms with van der Waals surface area (Å²) in [5.41, 5.74) is 0. The Kier molecular flexibility index (Phi) is 14.4. The van der Waals surface area contributed by atoms with Crippen molar-refractivity contribution in [3.05, 3.63) is 30.3 Å². The van der Waals surface area contributed by atoms with Gasteiger partial charge in [-0.2, -0.15) is 9.97 Å². The number of ether oxygens (including phenoxy) is 1. The lowest BCUT2D eigenvalue weighted by molar-refractivity contribution is 0.428. The number of unbranched alkanes of at least 4 members (excludes halogenated alkanes) is 10. The first-order valence-corrected chi connectivity index (χ1v) is 14.3. The van der Waals surface area contributed by atoms with Crippen LogP contribution < -0.4 is 4.74 Å². The predicted molar refractivity (Wildman–Crippen MR) is 138 cm³/mol. The molecule has 0 spiro atoms. The number of aromatic hydroxyl groups is 1. The van der Waals surface area contributed by atoms with E-state index < -0.39 is 0 Å². The van der Waals surface area contributed by atoms with Gasteiger partial charge in [-0.3, -0.25) is 0 Å². The third-order valence-electron chi connectivity index (χ3n) is 5.20. The molecule has 0 aliphatic carbocycles. The molecule has 0 amide bonds. The van der Waals surface area contributed by atoms with Crippen LogP contribution in [0, 0.1) is 0 Å². The van der Waals surface area contributed by atoms with E-state index in [0.717, 1.165) is 21.6 Å². The molecule has 1 aromatic carbocycles. The fraction of sp³-hybridized carbons (Fsp3) is 0.615. The number of phenolic OH excluding ortho intramolecular Hbond substituents is 1. The fourth-order valence-corrected chi connectivity index (χ4v) is 5.18. The molecule has 178 valence electrons. The van der Waals surface area contributed by atoms with Gasteiger partial charge in [-0.1, -0.05) is 78.1 Å². The van der Waals surface area contributed by atoms with Crippen molar-refractivity contribution in [3.8, 4) is 17.5 Å². The third kappa shape index (κ3) is 12.0. The zero-order chi connectivity index (χ0) is 22.9. The molecule has 0 atom stereocenters. The van der Waals surface area contributed by atoms with Crippen LogP contribution in [-0.4, -0.2) is 26.6 Å². The Morgan fingerprint density at radius 3 is 1.66 bits per heavy atom. The summed E-state index contributed by atoms with van der Waals surface area (Å²) in [6.07, 6.45) is 15.6. The van der Waals surface area contributed by atoms with Crippen LogP contribution in [0.15, 0.2) is 40.4 Å². The second kappa shape index (κ2) is 17.1. The highest BCUT2D eigenvalue weighted by Gasteiger charge is 2.09. The van der Waals surface area contributed by atoms with Gasteiger partial charge < -0.3 is 9.84 Å². The minimum atomic E-state index is 0.219. The molecule has 0 saturated carbocycles. The van der Waals surface area contributed by atoms with Crippen molar-refractivity contribution in [1.82, 2.24) is 9.97 Å². The lowest BCUT2D eigenvalue weighted by atomic mass is 10.1. The van der Waals surface area contributed by atoms with Gasteiger partial charge in [0.15, 0.2) is 0 Å². The van der Waals surface area contributed by atoms with E-state index in [1.807, 2.05) is 0 Å². The van der Waals surface area contributed by atoms with Gasteiger partial charge in [0, 0.05) is 6.07 Å². The summed E-state index contributed by atoms with van der Waals surface area (Å²) in [5.74, 6) is 3.00. The summed E-state index contributed by atoms with van der Waals surface area (Å²) in [6, 6.07) is 9.18. The zero-order valence-corrected chi connectivity index (χ0v) is 21.5. The summed E-state index contributed by atoms with van der Waals surface area (Å²) in [7, 11) is 0. The molecule has 1 aromatic heterocycles. The van der Waals surface area contributed by atoms with Gasteiger partial charge in [0.1, 0.15) is 21.6 Å². The second-order valence-corrected chi connectivity index (χ2v) is 10.4. The smallest absolute Gasteiger partial charge is 0.324 e. The summed E-state index contributed by atoms with van der Waals surface area (Å²) < 4.78 is 5.90. The maximum Gasteiger partial charge on any atom is 0.324 e. The van der Waals surface area contributed by atoms with Crippen LogP contribution in [0.4, 0.5) is 0 Å². The Bertz CT molecular complexity index is 705. The molecule has 0 saturated heterocycles. The molecule has 1 N–H and O–H groups in total. The van der Waals surface area contributed by atoms with E-state index >= 15 is 0 Å². The Labute approximate surface area is 203 Å². The van der Waals surface area contributed by atoms with E-state index in [2.05, 4.69) is 29.9 Å². The van der Waals surface area contributed by atoms with Crippen molar-refractivity contribution >= 4 is 23.5 Å². The van der Waals surface area contributed by atoms with Crippen LogP contribution in [-0.2, 0) is 0 Å². The summed E-state index contributed by atoms with van der Waals surface area (Å²) in [5, 5.41) is 11.5. The topological polar surface area (TPSA) is 55.2 Å². The molecule has 32 heavy (non-hydrogen) atoms. The second-order valence-electron chi connectivity index (χ2n) is 8.16. The molecule has 2 rings (SSSR count). The normalized spacial score (nSPS) is 11.1. The van der Waals surface area contributed by atoms with Gasteiger partial charge in [0.25, 0.3) is 0 Å². The quantitative estimate of drug-likeness (QED) is 0.132. The Balaban J connectivity index is 1.89. The molecule has 0 bridgehead atoms. The minimum Gasteiger partial charge on any atom is -0.508 e. The van der Waals surface area contributed by atoms with Crippen LogP contribution in [0.25, 0.3) is 0 Å². The first-order valence-electron chi connectivity index (χ1n) is 12.3. The van der Waals surface area contributed by atoms with Gasteiger partial charge in [-0.05, 0) is 48.6 Å². The first-order chi connectivity index (χ1) is 15.7. The first kappa shape index (κ1) is 26.8. The molecule has 0 unspecified atom stereocenters. The van der Waals surface area contributed by atoms with E-state index in [0.29, 0.717) is 11.8 Å². The molecule has 0 aliphatic heterocycles. The van der Waals surface area contributed by atoms with Crippen molar-refractivity contribution in [2.75, 3.05) is 11.5 Å². The molecule has 1 heterocycles. The van der Waals surface area contributed by atoms with Gasteiger partial charge in [-0.15, -0.1) is 23.5 Å². The van der Waals surface area contributed by atoms with E-state index in [1.54, 1.807) is 47.8 Å². The Morgan fingerprint density at radius 1 is 0.688 bits per heavy atom. The zero-order valence-electron chi connectivity index (χ0n) is 19.9. The number of rotatable bonds is 18. The maximum absolute atomic E-state index is 9.49. The molecule has 2 aromatic rings. The van der Waals surface area contributed by atoms with Crippen LogP contribution in [0.1, 0.15) is 90.9 Å². The summed E-state index contributed by atoms with van der Waals surface area (Å²) >= 11 is 3.59. The van der Waals surface area contributed by atoms with Crippen molar-refractivity contribution in [3.63, 3.8) is 0 Å². The molecule has 0 fully saturated rings. The SMILES string of the molecule is CCCCCCCCSc1cc(SCCCCCCCC)nc(Oc2ccc(O)cc2)n1. The van der Waals surface area contributed by atoms with Crippen LogP contribution in [0.2, 0.25) is 0 Å². The lowest BCUT2D eigenvalue weighted by Gasteiger charge is -2.09. The molecular weight excluding hydrogens is 436 g/mol. The number of benzene rings is 1. The largest absolute Gasteiger partial charge is 0.508 e. The van der Waals surface area contributed by atoms with Crippen molar-refractivity contribution in [1.29, 1.82) is 0 Å². The maximum atomic E-state index is 9.49. The number of nitrogens with zero attached hydrogens (tertiary/aromatic N) is 2. The van der Waals surface area contributed by atoms with Gasteiger partial charge in [0.05, 0.1) is 0 Å². The van der Waals surface area contributed by atoms with Crippen LogP contribution in [0.5, 0.6) is 17.5 Å². The molecule has 0 aliphatic rings. The summed E-state index contributed by atoms with van der Waals surface area (Å²) in [6.45, 7) is 4.51. The lowest BCUT2D eigenvalue weighted by Crippen LogP contribution is -1.96. The van der Waals surface area contributed by atoms with Crippen molar-refractivity contribution in [2.45, 2.75) is 101 Å². The number of hydrogen-bond donors (Lipinski definition) is 1. The highest BCUT2D eigenvalue weighted by molar-refractivity contribution is 8.00. The number of aromatic nitrogens is 2. The Hall–Kier alpha value is -1.40. The number of phenols is 1. The van der Waals surface area contributed by atoms with Gasteiger partial charge >= 0.3 is 6.01 Å². The van der Waals surface area contributed by atoms with Gasteiger partial charge in [0.2, 0.25) is 0 Å². The third-order valence-corrected chi connectivity index (χ3v) is 7.20. The molecule has 4 nitrogen and oxygen atoms in total. The number of thioether (sulfide) groups is 2. The van der Waals surface area contributed by atoms with E-state index in [4.69, 9.17) is 4.74 Å². The molecule has 0 radical (unpaired) electrons. The average molecular weight is 477 g/mol. The van der Waals surface area contributed by atoms with Gasteiger partial charge in [-0.25, -0.2) is 0 Å². The summed E-state index contributed by atoms with van der Waals surface area (Å²) in [4.78, 5) is 9.26. The van der Waals surface area contributed by atoms with Crippen molar-refractivity contribution < 1.29 is 9.84 Å². The molecule has 6 heteroatoms. The fourth-order valence-electron chi connectivity index (χ4n) is 3.32. The van der Waals surface area contributed by atoms with Crippen molar-refractivity contribution in [2.24, 2.45) is 0 Å². The predicted octanol–water partition coefficient (Wildman–Crippen LogP) is 8.88. The standard InChI is InChI=1S/C26H40N2O2S2/c1-3-5-7-9-11-13-19-31-24-21-25(32-20-14-12-10-8-6-4-2)28-26(27-24)30-23-17-15-22(29)16-18-23/h15-18,21,29H,3-14,19-20H2,1-2H3. The minimum absolute atomic E-state index is 0.219. The number of hydrogen-bond acceptors (Lipinski definition) is 6. The monoisotopic (exact) mass is 476 g/mol. The van der Waals surface area contributed by atoms with E-state index in [9.17, 15) is 5.11 Å². The Morgan fingerprint density at radius 2 is 1.16 bits per heavy atom. The van der Waals surface area contributed by atoms with E-state index in [-0.39, 0.29) is 5.75 Å².